The molecule has 0 aromatic heterocycles. The van der Waals surface area contributed by atoms with Crippen molar-refractivity contribution in [3.05, 3.63) is 109 Å². The zero-order valence-electron chi connectivity index (χ0n) is 50.4. The monoisotopic (exact) mass is 1090 g/mol. The van der Waals surface area contributed by atoms with Gasteiger partial charge in [0.05, 0.1) is 33.8 Å². The van der Waals surface area contributed by atoms with Crippen molar-refractivity contribution in [3.8, 4) is 0 Å². The SMILES string of the molecule is CC/C=C\C/C=C\C/C=C\C/C=C\C/C=C\CCCCCCCCCC(=O)OC(/C=C\CCCCCCCCCCCCC)C(COP(=O)(O)OCC[N+](C)(C)C)NC(=O)CCCCCCCCC/C=C/C=C/C=C/CC. The van der Waals surface area contributed by atoms with Gasteiger partial charge in [0.15, 0.2) is 0 Å². The molecular formula is C67H118N2O7P+. The van der Waals surface area contributed by atoms with Crippen molar-refractivity contribution in [2.75, 3.05) is 40.9 Å². The number of nitrogens with zero attached hydrogens (tertiary/aromatic N) is 1. The Hall–Kier alpha value is -3.33. The van der Waals surface area contributed by atoms with Gasteiger partial charge >= 0.3 is 13.8 Å². The Labute approximate surface area is 474 Å². The van der Waals surface area contributed by atoms with E-state index >= 15 is 0 Å². The van der Waals surface area contributed by atoms with Crippen LogP contribution in [0, 0.1) is 0 Å². The van der Waals surface area contributed by atoms with Crippen LogP contribution in [-0.2, 0) is 27.9 Å². The van der Waals surface area contributed by atoms with Crippen molar-refractivity contribution in [2.45, 2.75) is 264 Å². The van der Waals surface area contributed by atoms with Crippen LogP contribution in [0.5, 0.6) is 0 Å². The summed E-state index contributed by atoms with van der Waals surface area (Å²) in [4.78, 5) is 37.7. The largest absolute Gasteiger partial charge is 0.472 e. The summed E-state index contributed by atoms with van der Waals surface area (Å²) in [5.74, 6) is -0.536. The lowest BCUT2D eigenvalue weighted by Gasteiger charge is -2.27. The van der Waals surface area contributed by atoms with E-state index in [0.29, 0.717) is 17.4 Å². The van der Waals surface area contributed by atoms with Gasteiger partial charge in [-0.25, -0.2) is 4.57 Å². The second kappa shape index (κ2) is 56.0. The van der Waals surface area contributed by atoms with Crippen LogP contribution in [0.4, 0.5) is 0 Å². The van der Waals surface area contributed by atoms with Crippen LogP contribution < -0.4 is 5.32 Å². The Balaban J connectivity index is 5.28. The Bertz CT molecular complexity index is 1690. The number of nitrogens with one attached hydrogen (secondary N) is 1. The first-order chi connectivity index (χ1) is 37.4. The Morgan fingerprint density at radius 1 is 0.481 bits per heavy atom. The number of likely N-dealkylation sites (N-methyl/N-ethyl adjacent to an activating group) is 1. The molecular weight excluding hydrogens is 976 g/mol. The Morgan fingerprint density at radius 2 is 0.896 bits per heavy atom. The van der Waals surface area contributed by atoms with Gasteiger partial charge in [-0.05, 0) is 96.0 Å². The summed E-state index contributed by atoms with van der Waals surface area (Å²) in [5, 5.41) is 3.05. The maximum atomic E-state index is 13.5. The molecule has 3 atom stereocenters. The number of esters is 1. The molecule has 0 bridgehead atoms. The number of phosphoric acid groups is 1. The van der Waals surface area contributed by atoms with Gasteiger partial charge in [-0.2, -0.15) is 0 Å². The highest BCUT2D eigenvalue weighted by molar-refractivity contribution is 7.47. The summed E-state index contributed by atoms with van der Waals surface area (Å²) < 4.78 is 30.7. The number of unbranched alkanes of at least 4 members (excludes halogenated alkanes) is 25. The number of rotatable bonds is 55. The first-order valence-corrected chi connectivity index (χ1v) is 32.7. The molecule has 2 N–H and O–H groups in total. The molecule has 0 aromatic carbocycles. The number of carbonyl (C=O) groups is 2. The van der Waals surface area contributed by atoms with Crippen LogP contribution in [0.25, 0.3) is 0 Å². The molecule has 0 rings (SSSR count). The van der Waals surface area contributed by atoms with Crippen LogP contribution in [0.1, 0.15) is 252 Å². The van der Waals surface area contributed by atoms with Crippen LogP contribution in [0.3, 0.4) is 0 Å². The number of phosphoric ester groups is 1. The van der Waals surface area contributed by atoms with Crippen molar-refractivity contribution in [1.82, 2.24) is 5.32 Å². The molecule has 442 valence electrons. The van der Waals surface area contributed by atoms with Crippen LogP contribution in [0.15, 0.2) is 109 Å². The molecule has 1 amide bonds. The lowest BCUT2D eigenvalue weighted by atomic mass is 10.0. The normalized spacial score (nSPS) is 14.4. The lowest BCUT2D eigenvalue weighted by Crippen LogP contribution is -2.47. The van der Waals surface area contributed by atoms with E-state index < -0.39 is 20.0 Å². The summed E-state index contributed by atoms with van der Waals surface area (Å²) in [6.07, 6.45) is 76.5. The number of hydrogen-bond acceptors (Lipinski definition) is 6. The smallest absolute Gasteiger partial charge is 0.456 e. The summed E-state index contributed by atoms with van der Waals surface area (Å²) in [6, 6.07) is -0.866. The van der Waals surface area contributed by atoms with E-state index in [1.54, 1.807) is 0 Å². The van der Waals surface area contributed by atoms with Gasteiger partial charge in [0.25, 0.3) is 0 Å². The van der Waals surface area contributed by atoms with Crippen LogP contribution in [0.2, 0.25) is 0 Å². The third kappa shape index (κ3) is 57.2. The molecule has 0 aliphatic carbocycles. The molecule has 77 heavy (non-hydrogen) atoms. The topological polar surface area (TPSA) is 111 Å². The second-order valence-corrected chi connectivity index (χ2v) is 23.3. The van der Waals surface area contributed by atoms with Crippen molar-refractivity contribution in [2.24, 2.45) is 0 Å². The number of allylic oxidation sites excluding steroid dienone is 17. The van der Waals surface area contributed by atoms with Crippen molar-refractivity contribution < 1.29 is 37.3 Å². The van der Waals surface area contributed by atoms with Gasteiger partial charge < -0.3 is 19.4 Å². The number of amides is 1. The zero-order valence-corrected chi connectivity index (χ0v) is 51.3. The lowest BCUT2D eigenvalue weighted by molar-refractivity contribution is -0.870. The zero-order chi connectivity index (χ0) is 56.4. The van der Waals surface area contributed by atoms with E-state index in [0.717, 1.165) is 122 Å². The second-order valence-electron chi connectivity index (χ2n) is 21.9. The molecule has 10 heteroatoms. The van der Waals surface area contributed by atoms with Crippen molar-refractivity contribution in [1.29, 1.82) is 0 Å². The van der Waals surface area contributed by atoms with E-state index in [1.807, 2.05) is 33.3 Å². The standard InChI is InChI=1S/C67H117N2O7P/c1-7-10-13-16-19-22-25-28-30-31-32-33-34-35-36-37-39-42-45-48-51-54-57-60-67(71)76-65(58-55-52-49-46-43-40-27-24-21-18-15-12-9-3)64(63-75-77(72,73)74-62-61-69(4,5)6)68-66(70)59-56-53-50-47-44-41-38-29-26-23-20-17-14-11-8-2/h10-11,13-14,17,19-20,22-23,26,28,30,32-33,35-36,55,58,64-65H,7-9,12,15-16,18,21,24-25,27,29,31,34,37-54,56-57,59-63H2,1-6H3,(H-,68,70,72,73)/p+1/b13-10-,14-11+,20-17+,22-19-,26-23+,30-28-,33-32-,36-35-,58-55-. The third-order valence-corrected chi connectivity index (χ3v) is 14.3. The summed E-state index contributed by atoms with van der Waals surface area (Å²) in [5.41, 5.74) is 0. The molecule has 0 saturated heterocycles. The first-order valence-electron chi connectivity index (χ1n) is 31.2. The molecule has 0 aliphatic heterocycles. The summed E-state index contributed by atoms with van der Waals surface area (Å²) in [7, 11) is 1.47. The van der Waals surface area contributed by atoms with E-state index in [4.69, 9.17) is 13.8 Å². The molecule has 0 fully saturated rings. The van der Waals surface area contributed by atoms with Gasteiger partial charge in [0.2, 0.25) is 5.91 Å². The quantitative estimate of drug-likeness (QED) is 0.0156. The highest BCUT2D eigenvalue weighted by atomic mass is 31.2. The summed E-state index contributed by atoms with van der Waals surface area (Å²) in [6.45, 7) is 6.75. The highest BCUT2D eigenvalue weighted by Gasteiger charge is 2.30. The fourth-order valence-corrected chi connectivity index (χ4v) is 9.23. The van der Waals surface area contributed by atoms with Gasteiger partial charge in [-0.3, -0.25) is 18.6 Å². The molecule has 0 spiro atoms. The molecule has 0 aliphatic rings. The number of ether oxygens (including phenoxy) is 1. The molecule has 0 saturated carbocycles. The predicted octanol–water partition coefficient (Wildman–Crippen LogP) is 19.3. The van der Waals surface area contributed by atoms with Crippen molar-refractivity contribution >= 4 is 19.7 Å². The predicted molar refractivity (Wildman–Crippen MR) is 332 cm³/mol. The Kier molecular flexibility index (Phi) is 53.5. The third-order valence-electron chi connectivity index (χ3n) is 13.3. The average Bonchev–Trinajstić information content (AvgIpc) is 3.39. The van der Waals surface area contributed by atoms with E-state index in [-0.39, 0.29) is 31.5 Å². The Morgan fingerprint density at radius 3 is 1.39 bits per heavy atom. The highest BCUT2D eigenvalue weighted by Crippen LogP contribution is 2.43. The van der Waals surface area contributed by atoms with Gasteiger partial charge in [0.1, 0.15) is 19.3 Å². The average molecular weight is 1090 g/mol. The number of quaternary nitrogens is 1. The fraction of sp³-hybridized carbons (Fsp3) is 0.701. The van der Waals surface area contributed by atoms with Gasteiger partial charge in [0, 0.05) is 12.8 Å². The minimum atomic E-state index is -4.46. The first kappa shape index (κ1) is 73.7. The number of hydrogen-bond donors (Lipinski definition) is 2. The molecule has 0 aromatic rings. The fourth-order valence-electron chi connectivity index (χ4n) is 8.50. The van der Waals surface area contributed by atoms with E-state index in [1.165, 1.54) is 96.3 Å². The molecule has 9 nitrogen and oxygen atoms in total. The maximum Gasteiger partial charge on any atom is 0.472 e. The minimum absolute atomic E-state index is 0.0303. The van der Waals surface area contributed by atoms with Crippen molar-refractivity contribution in [3.63, 3.8) is 0 Å². The maximum absolute atomic E-state index is 13.5. The van der Waals surface area contributed by atoms with Gasteiger partial charge in [-0.1, -0.05) is 252 Å². The van der Waals surface area contributed by atoms with E-state index in [2.05, 4.69) is 123 Å². The minimum Gasteiger partial charge on any atom is -0.456 e. The van der Waals surface area contributed by atoms with E-state index in [9.17, 15) is 19.0 Å². The molecule has 0 radical (unpaired) electrons. The molecule has 3 unspecified atom stereocenters. The van der Waals surface area contributed by atoms with Gasteiger partial charge in [-0.15, -0.1) is 0 Å². The molecule has 0 heterocycles. The van der Waals surface area contributed by atoms with Crippen LogP contribution in [-0.4, -0.2) is 74.3 Å². The van der Waals surface area contributed by atoms with Crippen LogP contribution >= 0.6 is 7.82 Å². The number of carbonyl (C=O) groups excluding carboxylic acids is 2. The summed E-state index contributed by atoms with van der Waals surface area (Å²) >= 11 is 0.